The van der Waals surface area contributed by atoms with Gasteiger partial charge in [0.2, 0.25) is 5.91 Å². The smallest absolute Gasteiger partial charge is 0.248 e. The van der Waals surface area contributed by atoms with Gasteiger partial charge in [-0.15, -0.1) is 11.6 Å². The highest BCUT2D eigenvalue weighted by atomic mass is 35.5. The number of ether oxygens (including phenoxy) is 1. The van der Waals surface area contributed by atoms with Crippen LogP contribution >= 0.6 is 11.6 Å². The molecule has 0 aromatic carbocycles. The zero-order valence-corrected chi connectivity index (χ0v) is 11.0. The molecule has 0 N–H and O–H groups in total. The Morgan fingerprint density at radius 1 is 1.50 bits per heavy atom. The first kappa shape index (κ1) is 13.8. The Morgan fingerprint density at radius 2 is 2.25 bits per heavy atom. The molecule has 4 heteroatoms. The Balaban J connectivity index is 2.43. The first-order valence-electron chi connectivity index (χ1n) is 6.12. The second kappa shape index (κ2) is 7.13. The number of carbonyl (C=O) groups excluding carboxylic acids is 1. The van der Waals surface area contributed by atoms with Gasteiger partial charge in [0, 0.05) is 18.5 Å². The standard InChI is InChI=1S/C12H22ClNO2/c1-10(2)16-9-12(15)14-8-4-3-5-11(14)6-7-13/h10-11H,3-9H2,1-2H3. The quantitative estimate of drug-likeness (QED) is 0.699. The summed E-state index contributed by atoms with van der Waals surface area (Å²) in [6, 6.07) is 0.328. The van der Waals surface area contributed by atoms with Gasteiger partial charge in [-0.25, -0.2) is 0 Å². The van der Waals surface area contributed by atoms with Crippen LogP contribution in [-0.2, 0) is 9.53 Å². The molecule has 1 fully saturated rings. The molecule has 0 radical (unpaired) electrons. The molecule has 0 aromatic heterocycles. The minimum Gasteiger partial charge on any atom is -0.369 e. The van der Waals surface area contributed by atoms with Crippen molar-refractivity contribution in [2.24, 2.45) is 0 Å². The lowest BCUT2D eigenvalue weighted by molar-refractivity contribution is -0.141. The van der Waals surface area contributed by atoms with Gasteiger partial charge in [0.15, 0.2) is 0 Å². The fourth-order valence-corrected chi connectivity index (χ4v) is 2.33. The van der Waals surface area contributed by atoms with Crippen LogP contribution in [0.4, 0.5) is 0 Å². The molecular weight excluding hydrogens is 226 g/mol. The first-order valence-corrected chi connectivity index (χ1v) is 6.65. The van der Waals surface area contributed by atoms with Crippen LogP contribution < -0.4 is 0 Å². The number of amides is 1. The Kier molecular flexibility index (Phi) is 6.14. The fraction of sp³-hybridized carbons (Fsp3) is 0.917. The molecule has 1 heterocycles. The van der Waals surface area contributed by atoms with Gasteiger partial charge in [0.25, 0.3) is 0 Å². The van der Waals surface area contributed by atoms with Crippen LogP contribution in [-0.4, -0.2) is 42.0 Å². The van der Waals surface area contributed by atoms with Crippen LogP contribution in [0, 0.1) is 0 Å². The van der Waals surface area contributed by atoms with Crippen molar-refractivity contribution in [2.75, 3.05) is 19.0 Å². The van der Waals surface area contributed by atoms with E-state index in [4.69, 9.17) is 16.3 Å². The molecule has 1 unspecified atom stereocenters. The van der Waals surface area contributed by atoms with Crippen molar-refractivity contribution in [3.8, 4) is 0 Å². The minimum absolute atomic E-state index is 0.111. The van der Waals surface area contributed by atoms with Gasteiger partial charge in [0.1, 0.15) is 6.61 Å². The van der Waals surface area contributed by atoms with Gasteiger partial charge < -0.3 is 9.64 Å². The van der Waals surface area contributed by atoms with E-state index in [1.54, 1.807) is 0 Å². The first-order chi connectivity index (χ1) is 7.65. The highest BCUT2D eigenvalue weighted by Gasteiger charge is 2.25. The van der Waals surface area contributed by atoms with Crippen molar-refractivity contribution in [3.05, 3.63) is 0 Å². The van der Waals surface area contributed by atoms with Crippen molar-refractivity contribution in [3.63, 3.8) is 0 Å². The molecule has 16 heavy (non-hydrogen) atoms. The van der Waals surface area contributed by atoms with Crippen LogP contribution in [0.25, 0.3) is 0 Å². The van der Waals surface area contributed by atoms with E-state index in [-0.39, 0.29) is 18.6 Å². The van der Waals surface area contributed by atoms with Gasteiger partial charge in [0.05, 0.1) is 6.10 Å². The molecule has 3 nitrogen and oxygen atoms in total. The summed E-state index contributed by atoms with van der Waals surface area (Å²) in [5.41, 5.74) is 0. The number of piperidine rings is 1. The summed E-state index contributed by atoms with van der Waals surface area (Å²) in [5, 5.41) is 0. The molecule has 1 aliphatic heterocycles. The van der Waals surface area contributed by atoms with Gasteiger partial charge in [-0.2, -0.15) is 0 Å². The van der Waals surface area contributed by atoms with Crippen molar-refractivity contribution < 1.29 is 9.53 Å². The second-order valence-electron chi connectivity index (χ2n) is 4.57. The Morgan fingerprint density at radius 3 is 2.88 bits per heavy atom. The summed E-state index contributed by atoms with van der Waals surface area (Å²) in [6.07, 6.45) is 4.40. The molecule has 1 atom stereocenters. The summed E-state index contributed by atoms with van der Waals surface area (Å²) in [4.78, 5) is 13.9. The number of nitrogens with zero attached hydrogens (tertiary/aromatic N) is 1. The van der Waals surface area contributed by atoms with E-state index < -0.39 is 0 Å². The lowest BCUT2D eigenvalue weighted by Gasteiger charge is -2.35. The number of alkyl halides is 1. The summed E-state index contributed by atoms with van der Waals surface area (Å²) in [6.45, 7) is 4.96. The maximum atomic E-state index is 11.9. The fourth-order valence-electron chi connectivity index (χ4n) is 2.08. The summed E-state index contributed by atoms with van der Waals surface area (Å²) >= 11 is 5.76. The Hall–Kier alpha value is -0.280. The lowest BCUT2D eigenvalue weighted by Crippen LogP contribution is -2.45. The maximum absolute atomic E-state index is 11.9. The lowest BCUT2D eigenvalue weighted by atomic mass is 10.00. The van der Waals surface area contributed by atoms with Gasteiger partial charge in [-0.05, 0) is 39.5 Å². The average Bonchev–Trinajstić information content (AvgIpc) is 2.27. The van der Waals surface area contributed by atoms with Crippen molar-refractivity contribution in [1.82, 2.24) is 4.90 Å². The molecule has 1 amide bonds. The van der Waals surface area contributed by atoms with Crippen LogP contribution in [0.3, 0.4) is 0 Å². The van der Waals surface area contributed by atoms with Crippen LogP contribution in [0.1, 0.15) is 39.5 Å². The van der Waals surface area contributed by atoms with E-state index in [1.807, 2.05) is 18.7 Å². The van der Waals surface area contributed by atoms with Gasteiger partial charge >= 0.3 is 0 Å². The molecule has 0 saturated carbocycles. The van der Waals surface area contributed by atoms with E-state index >= 15 is 0 Å². The molecule has 1 aliphatic rings. The van der Waals surface area contributed by atoms with E-state index in [0.29, 0.717) is 11.9 Å². The Bertz CT molecular complexity index is 219. The Labute approximate surface area is 103 Å². The summed E-state index contributed by atoms with van der Waals surface area (Å²) in [5.74, 6) is 0.739. The van der Waals surface area contributed by atoms with Crippen LogP contribution in [0.2, 0.25) is 0 Å². The molecule has 0 aliphatic carbocycles. The molecule has 1 rings (SSSR count). The van der Waals surface area contributed by atoms with E-state index in [2.05, 4.69) is 0 Å². The SMILES string of the molecule is CC(C)OCC(=O)N1CCCCC1CCCl. The summed E-state index contributed by atoms with van der Waals surface area (Å²) < 4.78 is 5.36. The minimum atomic E-state index is 0.111. The number of carbonyl (C=O) groups is 1. The average molecular weight is 248 g/mol. The zero-order valence-electron chi connectivity index (χ0n) is 10.2. The van der Waals surface area contributed by atoms with E-state index in [0.717, 1.165) is 25.8 Å². The molecular formula is C12H22ClNO2. The number of hydrogen-bond donors (Lipinski definition) is 0. The number of hydrogen-bond acceptors (Lipinski definition) is 2. The number of halogens is 1. The predicted octanol–water partition coefficient (Wildman–Crippen LogP) is 2.42. The second-order valence-corrected chi connectivity index (χ2v) is 4.95. The third kappa shape index (κ3) is 4.30. The van der Waals surface area contributed by atoms with Crippen molar-refractivity contribution in [2.45, 2.75) is 51.7 Å². The van der Waals surface area contributed by atoms with Crippen molar-refractivity contribution in [1.29, 1.82) is 0 Å². The van der Waals surface area contributed by atoms with Gasteiger partial charge in [-0.3, -0.25) is 4.79 Å². The molecule has 1 saturated heterocycles. The van der Waals surface area contributed by atoms with Crippen LogP contribution in [0.15, 0.2) is 0 Å². The van der Waals surface area contributed by atoms with E-state index in [1.165, 1.54) is 6.42 Å². The summed E-state index contributed by atoms with van der Waals surface area (Å²) in [7, 11) is 0. The monoisotopic (exact) mass is 247 g/mol. The van der Waals surface area contributed by atoms with Crippen LogP contribution in [0.5, 0.6) is 0 Å². The normalized spacial score (nSPS) is 21.5. The van der Waals surface area contributed by atoms with E-state index in [9.17, 15) is 4.79 Å². The zero-order chi connectivity index (χ0) is 12.0. The molecule has 0 bridgehead atoms. The number of likely N-dealkylation sites (tertiary alicyclic amines) is 1. The van der Waals surface area contributed by atoms with Gasteiger partial charge in [-0.1, -0.05) is 0 Å². The largest absolute Gasteiger partial charge is 0.369 e. The molecule has 0 spiro atoms. The highest BCUT2D eigenvalue weighted by molar-refractivity contribution is 6.17. The number of rotatable bonds is 5. The molecule has 0 aromatic rings. The maximum Gasteiger partial charge on any atom is 0.248 e. The highest BCUT2D eigenvalue weighted by Crippen LogP contribution is 2.20. The third-order valence-corrected chi connectivity index (χ3v) is 3.15. The third-order valence-electron chi connectivity index (χ3n) is 2.93. The topological polar surface area (TPSA) is 29.5 Å². The predicted molar refractivity (Wildman–Crippen MR) is 65.8 cm³/mol. The van der Waals surface area contributed by atoms with Crippen molar-refractivity contribution >= 4 is 17.5 Å². The molecule has 94 valence electrons.